The number of aliphatic hydroxyl groups is 1. The van der Waals surface area contributed by atoms with E-state index in [2.05, 4.69) is 4.90 Å². The molecule has 1 saturated heterocycles. The normalized spacial score (nSPS) is 24.6. The van der Waals surface area contributed by atoms with E-state index in [4.69, 9.17) is 9.47 Å². The molecule has 1 fully saturated rings. The number of carbonyl (C=O) groups excluding carboxylic acids is 1. The van der Waals surface area contributed by atoms with E-state index in [0.29, 0.717) is 61.5 Å². The van der Waals surface area contributed by atoms with Crippen molar-refractivity contribution in [1.29, 1.82) is 0 Å². The second-order valence-electron chi connectivity index (χ2n) is 9.64. The quantitative estimate of drug-likeness (QED) is 0.727. The summed E-state index contributed by atoms with van der Waals surface area (Å²) < 4.78 is 50.2. The van der Waals surface area contributed by atoms with Crippen LogP contribution in [0.15, 0.2) is 36.4 Å². The Bertz CT molecular complexity index is 1090. The molecule has 1 unspecified atom stereocenters. The Morgan fingerprint density at radius 1 is 1.06 bits per heavy atom. The van der Waals surface area contributed by atoms with Gasteiger partial charge in [-0.3, -0.25) is 4.79 Å². The number of carbonyl (C=O) groups is 1. The van der Waals surface area contributed by atoms with Gasteiger partial charge in [0, 0.05) is 30.6 Å². The smallest absolute Gasteiger partial charge is 0.416 e. The third-order valence-corrected chi connectivity index (χ3v) is 7.32. The molecule has 8 heteroatoms. The number of likely N-dealkylation sites (tertiary alicyclic amines) is 1. The Morgan fingerprint density at radius 2 is 1.76 bits per heavy atom. The highest BCUT2D eigenvalue weighted by Gasteiger charge is 2.43. The fourth-order valence-electron chi connectivity index (χ4n) is 5.25. The molecule has 0 spiro atoms. The number of hydrogen-bond donors (Lipinski definition) is 1. The van der Waals surface area contributed by atoms with Gasteiger partial charge in [-0.25, -0.2) is 0 Å². The lowest BCUT2D eigenvalue weighted by molar-refractivity contribution is -0.137. The molecule has 1 N–H and O–H groups in total. The van der Waals surface area contributed by atoms with Crippen molar-refractivity contribution in [2.24, 2.45) is 5.41 Å². The number of ether oxygens (including phenoxy) is 2. The topological polar surface area (TPSA) is 59.0 Å². The van der Waals surface area contributed by atoms with Gasteiger partial charge in [-0.05, 0) is 61.1 Å². The summed E-state index contributed by atoms with van der Waals surface area (Å²) in [6, 6.07) is 8.63. The molecule has 1 atom stereocenters. The third-order valence-electron chi connectivity index (χ3n) is 7.32. The second kappa shape index (κ2) is 7.74. The van der Waals surface area contributed by atoms with Crippen molar-refractivity contribution in [2.45, 2.75) is 44.4 Å². The summed E-state index contributed by atoms with van der Waals surface area (Å²) in [4.78, 5) is 15.6. The van der Waals surface area contributed by atoms with Crippen LogP contribution in [0.1, 0.15) is 53.2 Å². The molecular formula is C25H26F3NO4. The standard InChI is InChI=1S/C25H26F3NO4/c1-23(6-5-16-11-20-21(33-15-32-20)13-19(16)22(23)30)14-29-9-7-24(31,8-10-29)17-3-2-4-18(12-17)25(26,27)28/h2-4,11-13,31H,5-10,14-15H2,1H3. The molecule has 5 rings (SSSR count). The molecule has 2 aromatic rings. The van der Waals surface area contributed by atoms with Crippen LogP contribution in [0.3, 0.4) is 0 Å². The summed E-state index contributed by atoms with van der Waals surface area (Å²) in [7, 11) is 0. The van der Waals surface area contributed by atoms with Gasteiger partial charge in [0.2, 0.25) is 6.79 Å². The lowest BCUT2D eigenvalue weighted by atomic mass is 9.71. The van der Waals surface area contributed by atoms with Crippen LogP contribution in [-0.4, -0.2) is 42.2 Å². The molecule has 1 aliphatic carbocycles. The number of rotatable bonds is 3. The Hall–Kier alpha value is -2.58. The summed E-state index contributed by atoms with van der Waals surface area (Å²) in [5.74, 6) is 1.34. The SMILES string of the molecule is CC1(CN2CCC(O)(c3cccc(C(F)(F)F)c3)CC2)CCc2cc3c(cc2C1=O)OCO3. The molecule has 3 aliphatic rings. The van der Waals surface area contributed by atoms with Crippen LogP contribution in [0, 0.1) is 5.41 Å². The number of hydrogen-bond acceptors (Lipinski definition) is 5. The molecule has 0 radical (unpaired) electrons. The minimum Gasteiger partial charge on any atom is -0.454 e. The molecule has 0 amide bonds. The summed E-state index contributed by atoms with van der Waals surface area (Å²) in [6.45, 7) is 3.67. The zero-order valence-corrected chi connectivity index (χ0v) is 18.4. The van der Waals surface area contributed by atoms with Gasteiger partial charge in [0.1, 0.15) is 0 Å². The van der Waals surface area contributed by atoms with Gasteiger partial charge in [0.15, 0.2) is 17.3 Å². The maximum absolute atomic E-state index is 13.4. The summed E-state index contributed by atoms with van der Waals surface area (Å²) in [5.41, 5.74) is -0.700. The van der Waals surface area contributed by atoms with Gasteiger partial charge in [-0.2, -0.15) is 13.2 Å². The minimum absolute atomic E-state index is 0.0702. The van der Waals surface area contributed by atoms with E-state index in [1.54, 1.807) is 12.1 Å². The fraction of sp³-hybridized carbons (Fsp3) is 0.480. The van der Waals surface area contributed by atoms with Crippen molar-refractivity contribution in [1.82, 2.24) is 4.90 Å². The number of piperidine rings is 1. The Balaban J connectivity index is 1.28. The van der Waals surface area contributed by atoms with Crippen LogP contribution in [0.4, 0.5) is 13.2 Å². The fourth-order valence-corrected chi connectivity index (χ4v) is 5.25. The maximum atomic E-state index is 13.4. The van der Waals surface area contributed by atoms with Gasteiger partial charge >= 0.3 is 6.18 Å². The molecular weight excluding hydrogens is 435 g/mol. The predicted molar refractivity (Wildman–Crippen MR) is 114 cm³/mol. The molecule has 5 nitrogen and oxygen atoms in total. The molecule has 2 heterocycles. The highest BCUT2D eigenvalue weighted by Crippen LogP contribution is 2.43. The summed E-state index contributed by atoms with van der Waals surface area (Å²) >= 11 is 0. The molecule has 0 aromatic heterocycles. The van der Waals surface area contributed by atoms with Crippen LogP contribution in [-0.2, 0) is 18.2 Å². The number of nitrogens with zero attached hydrogens (tertiary/aromatic N) is 1. The number of fused-ring (bicyclic) bond motifs is 2. The number of ketones is 1. The van der Waals surface area contributed by atoms with Gasteiger partial charge in [-0.1, -0.05) is 19.1 Å². The van der Waals surface area contributed by atoms with E-state index in [1.807, 2.05) is 13.0 Å². The first-order valence-corrected chi connectivity index (χ1v) is 11.2. The van der Waals surface area contributed by atoms with E-state index in [0.717, 1.165) is 24.1 Å². The van der Waals surface area contributed by atoms with Crippen LogP contribution in [0.5, 0.6) is 11.5 Å². The van der Waals surface area contributed by atoms with E-state index in [9.17, 15) is 23.1 Å². The van der Waals surface area contributed by atoms with Crippen LogP contribution in [0.25, 0.3) is 0 Å². The first-order valence-electron chi connectivity index (χ1n) is 11.2. The van der Waals surface area contributed by atoms with Gasteiger partial charge in [-0.15, -0.1) is 0 Å². The average Bonchev–Trinajstić information content (AvgIpc) is 3.24. The zero-order chi connectivity index (χ0) is 23.4. The monoisotopic (exact) mass is 461 g/mol. The molecule has 2 aromatic carbocycles. The molecule has 0 bridgehead atoms. The first kappa shape index (κ1) is 22.2. The number of alkyl halides is 3. The van der Waals surface area contributed by atoms with E-state index >= 15 is 0 Å². The minimum atomic E-state index is -4.45. The van der Waals surface area contributed by atoms with Crippen molar-refractivity contribution < 1.29 is 32.5 Å². The Morgan fingerprint density at radius 3 is 2.45 bits per heavy atom. The Labute approximate surface area is 190 Å². The molecule has 2 aliphatic heterocycles. The number of Topliss-reactive ketones (excluding diaryl/α,β-unsaturated/α-hetero) is 1. The van der Waals surface area contributed by atoms with Gasteiger partial charge in [0.25, 0.3) is 0 Å². The van der Waals surface area contributed by atoms with Crippen molar-refractivity contribution >= 4 is 5.78 Å². The number of halogens is 3. The summed E-state index contributed by atoms with van der Waals surface area (Å²) in [6.07, 6.45) is -2.36. The molecule has 0 saturated carbocycles. The maximum Gasteiger partial charge on any atom is 0.416 e. The van der Waals surface area contributed by atoms with Crippen LogP contribution >= 0.6 is 0 Å². The van der Waals surface area contributed by atoms with Gasteiger partial charge in [0.05, 0.1) is 11.2 Å². The highest BCUT2D eigenvalue weighted by atomic mass is 19.4. The van der Waals surface area contributed by atoms with Crippen molar-refractivity contribution in [3.8, 4) is 11.5 Å². The molecule has 176 valence electrons. The van der Waals surface area contributed by atoms with Gasteiger partial charge < -0.3 is 19.5 Å². The van der Waals surface area contributed by atoms with E-state index in [-0.39, 0.29) is 12.6 Å². The first-order chi connectivity index (χ1) is 15.6. The van der Waals surface area contributed by atoms with Crippen LogP contribution < -0.4 is 9.47 Å². The largest absolute Gasteiger partial charge is 0.454 e. The molecule has 33 heavy (non-hydrogen) atoms. The second-order valence-corrected chi connectivity index (χ2v) is 9.64. The van der Waals surface area contributed by atoms with Crippen molar-refractivity contribution in [3.05, 3.63) is 58.7 Å². The highest BCUT2D eigenvalue weighted by molar-refractivity contribution is 6.03. The van der Waals surface area contributed by atoms with Crippen molar-refractivity contribution in [3.63, 3.8) is 0 Å². The zero-order valence-electron chi connectivity index (χ0n) is 18.4. The predicted octanol–water partition coefficient (Wildman–Crippen LogP) is 4.55. The summed E-state index contributed by atoms with van der Waals surface area (Å²) in [5, 5.41) is 11.1. The number of aryl methyl sites for hydroxylation is 1. The van der Waals surface area contributed by atoms with E-state index < -0.39 is 22.8 Å². The van der Waals surface area contributed by atoms with Crippen LogP contribution in [0.2, 0.25) is 0 Å². The van der Waals surface area contributed by atoms with Crippen molar-refractivity contribution in [2.75, 3.05) is 26.4 Å². The lowest BCUT2D eigenvalue weighted by Crippen LogP contribution is -2.49. The lowest BCUT2D eigenvalue weighted by Gasteiger charge is -2.43. The third kappa shape index (κ3) is 3.99. The Kier molecular flexibility index (Phi) is 5.21. The number of benzene rings is 2. The van der Waals surface area contributed by atoms with E-state index in [1.165, 1.54) is 6.07 Å². The average molecular weight is 461 g/mol.